The zero-order valence-electron chi connectivity index (χ0n) is 10.1. The third-order valence-electron chi connectivity index (χ3n) is 2.49. The van der Waals surface area contributed by atoms with Gasteiger partial charge in [-0.3, -0.25) is 0 Å². The molecule has 2 nitrogen and oxygen atoms in total. The van der Waals surface area contributed by atoms with Gasteiger partial charge in [0.15, 0.2) is 0 Å². The Kier molecular flexibility index (Phi) is 6.54. The first-order valence-electron chi connectivity index (χ1n) is 5.61. The van der Waals surface area contributed by atoms with Gasteiger partial charge in [-0.25, -0.2) is 4.39 Å². The van der Waals surface area contributed by atoms with Gasteiger partial charge in [-0.15, -0.1) is 12.4 Å². The average molecular weight is 394 g/mol. The predicted molar refractivity (Wildman–Crippen MR) is 85.6 cm³/mol. The van der Waals surface area contributed by atoms with Gasteiger partial charge in [0.25, 0.3) is 0 Å². The van der Waals surface area contributed by atoms with Crippen LogP contribution in [0.15, 0.2) is 42.5 Å². The van der Waals surface area contributed by atoms with Crippen LogP contribution in [0.25, 0.3) is 0 Å². The highest BCUT2D eigenvalue weighted by Gasteiger charge is 2.03. The van der Waals surface area contributed by atoms with Crippen LogP contribution < -0.4 is 10.5 Å². The highest BCUT2D eigenvalue weighted by molar-refractivity contribution is 14.1. The molecule has 5 heteroatoms. The monoisotopic (exact) mass is 393 g/mol. The smallest absolute Gasteiger partial charge is 0.128 e. The standard InChI is InChI=1S/C14H13FINO.ClH/c15-11-2-5-12(6-3-11)18-13-4-1-10(7-8-17)14(16)9-13;/h1-6,9H,7-8,17H2;1H. The summed E-state index contributed by atoms with van der Waals surface area (Å²) in [6.45, 7) is 0.633. The highest BCUT2D eigenvalue weighted by Crippen LogP contribution is 2.25. The summed E-state index contributed by atoms with van der Waals surface area (Å²) < 4.78 is 19.5. The fourth-order valence-corrected chi connectivity index (χ4v) is 2.34. The molecule has 0 bridgehead atoms. The lowest BCUT2D eigenvalue weighted by Gasteiger charge is -2.08. The molecule has 0 aromatic heterocycles. The highest BCUT2D eigenvalue weighted by atomic mass is 127. The third kappa shape index (κ3) is 4.63. The number of nitrogens with two attached hydrogens (primary N) is 1. The zero-order valence-corrected chi connectivity index (χ0v) is 13.1. The van der Waals surface area contributed by atoms with Gasteiger partial charge in [0.2, 0.25) is 0 Å². The largest absolute Gasteiger partial charge is 0.457 e. The summed E-state index contributed by atoms with van der Waals surface area (Å²) >= 11 is 2.26. The Morgan fingerprint density at radius 1 is 1.05 bits per heavy atom. The van der Waals surface area contributed by atoms with E-state index in [1.54, 1.807) is 12.1 Å². The molecule has 2 aromatic carbocycles. The van der Waals surface area contributed by atoms with Crippen LogP contribution in [0, 0.1) is 9.39 Å². The van der Waals surface area contributed by atoms with Crippen molar-refractivity contribution in [3.05, 3.63) is 57.4 Å². The summed E-state index contributed by atoms with van der Waals surface area (Å²) in [7, 11) is 0. The van der Waals surface area contributed by atoms with Crippen molar-refractivity contribution >= 4 is 35.0 Å². The molecule has 2 aromatic rings. The minimum absolute atomic E-state index is 0. The summed E-state index contributed by atoms with van der Waals surface area (Å²) in [6.07, 6.45) is 0.856. The fourth-order valence-electron chi connectivity index (χ4n) is 1.59. The van der Waals surface area contributed by atoms with Crippen molar-refractivity contribution in [2.75, 3.05) is 6.54 Å². The van der Waals surface area contributed by atoms with Gasteiger partial charge in [-0.2, -0.15) is 0 Å². The van der Waals surface area contributed by atoms with Crippen LogP contribution in [0.5, 0.6) is 11.5 Å². The van der Waals surface area contributed by atoms with E-state index < -0.39 is 0 Å². The number of ether oxygens (including phenoxy) is 1. The Labute approximate surface area is 131 Å². The van der Waals surface area contributed by atoms with Crippen molar-refractivity contribution in [1.29, 1.82) is 0 Å². The molecule has 0 fully saturated rings. The van der Waals surface area contributed by atoms with Gasteiger partial charge >= 0.3 is 0 Å². The first-order chi connectivity index (χ1) is 8.69. The van der Waals surface area contributed by atoms with E-state index >= 15 is 0 Å². The molecule has 2 rings (SSSR count). The molecule has 0 unspecified atom stereocenters. The van der Waals surface area contributed by atoms with E-state index in [0.717, 1.165) is 15.7 Å². The van der Waals surface area contributed by atoms with Crippen molar-refractivity contribution in [2.45, 2.75) is 6.42 Å². The number of benzene rings is 2. The van der Waals surface area contributed by atoms with Crippen molar-refractivity contribution in [1.82, 2.24) is 0 Å². The summed E-state index contributed by atoms with van der Waals surface area (Å²) in [5.74, 6) is 1.10. The lowest BCUT2D eigenvalue weighted by Crippen LogP contribution is -2.04. The first kappa shape index (κ1) is 16.2. The van der Waals surface area contributed by atoms with E-state index in [0.29, 0.717) is 12.3 Å². The van der Waals surface area contributed by atoms with Crippen LogP contribution in [0.3, 0.4) is 0 Å². The Balaban J connectivity index is 0.00000180. The number of rotatable bonds is 4. The lowest BCUT2D eigenvalue weighted by atomic mass is 10.1. The minimum atomic E-state index is -0.268. The summed E-state index contributed by atoms with van der Waals surface area (Å²) in [5, 5.41) is 0. The van der Waals surface area contributed by atoms with E-state index in [-0.39, 0.29) is 18.2 Å². The van der Waals surface area contributed by atoms with E-state index in [9.17, 15) is 4.39 Å². The van der Waals surface area contributed by atoms with Crippen LogP contribution in [-0.2, 0) is 6.42 Å². The number of hydrogen-bond acceptors (Lipinski definition) is 2. The van der Waals surface area contributed by atoms with Crippen molar-refractivity contribution in [3.63, 3.8) is 0 Å². The van der Waals surface area contributed by atoms with Crippen LogP contribution >= 0.6 is 35.0 Å². The Bertz CT molecular complexity index is 533. The second-order valence-corrected chi connectivity index (χ2v) is 5.01. The second kappa shape index (κ2) is 7.67. The Morgan fingerprint density at radius 2 is 1.68 bits per heavy atom. The molecule has 0 aliphatic rings. The van der Waals surface area contributed by atoms with Gasteiger partial charge in [0.05, 0.1) is 0 Å². The molecule has 0 radical (unpaired) electrons. The minimum Gasteiger partial charge on any atom is -0.457 e. The Morgan fingerprint density at radius 3 is 2.26 bits per heavy atom. The quantitative estimate of drug-likeness (QED) is 0.792. The van der Waals surface area contributed by atoms with Gasteiger partial charge in [-0.05, 0) is 77.5 Å². The van der Waals surface area contributed by atoms with Crippen molar-refractivity contribution in [2.24, 2.45) is 5.73 Å². The maximum absolute atomic E-state index is 12.8. The molecule has 2 N–H and O–H groups in total. The van der Waals surface area contributed by atoms with Crippen molar-refractivity contribution in [3.8, 4) is 11.5 Å². The van der Waals surface area contributed by atoms with Gasteiger partial charge in [0, 0.05) is 3.57 Å². The van der Waals surface area contributed by atoms with Crippen LogP contribution in [0.2, 0.25) is 0 Å². The fraction of sp³-hybridized carbons (Fsp3) is 0.143. The molecule has 0 amide bonds. The van der Waals surface area contributed by atoms with E-state index in [1.165, 1.54) is 17.7 Å². The molecule has 0 heterocycles. The summed E-state index contributed by atoms with van der Waals surface area (Å²) in [4.78, 5) is 0. The number of hydrogen-bond donors (Lipinski definition) is 1. The first-order valence-corrected chi connectivity index (χ1v) is 6.69. The zero-order chi connectivity index (χ0) is 13.0. The maximum atomic E-state index is 12.8. The molecule has 0 aliphatic carbocycles. The van der Waals surface area contributed by atoms with Crippen molar-refractivity contribution < 1.29 is 9.13 Å². The third-order valence-corrected chi connectivity index (χ3v) is 3.49. The molecule has 0 saturated carbocycles. The van der Waals surface area contributed by atoms with E-state index in [4.69, 9.17) is 10.5 Å². The maximum Gasteiger partial charge on any atom is 0.128 e. The molecule has 0 saturated heterocycles. The van der Waals surface area contributed by atoms with Gasteiger partial charge < -0.3 is 10.5 Å². The summed E-state index contributed by atoms with van der Waals surface area (Å²) in [5.41, 5.74) is 6.75. The van der Waals surface area contributed by atoms with Crippen LogP contribution in [0.1, 0.15) is 5.56 Å². The molecule has 19 heavy (non-hydrogen) atoms. The second-order valence-electron chi connectivity index (χ2n) is 3.85. The van der Waals surface area contributed by atoms with E-state index in [1.807, 2.05) is 18.2 Å². The van der Waals surface area contributed by atoms with E-state index in [2.05, 4.69) is 22.6 Å². The average Bonchev–Trinajstić information content (AvgIpc) is 2.36. The van der Waals surface area contributed by atoms with Crippen LogP contribution in [-0.4, -0.2) is 6.54 Å². The van der Waals surface area contributed by atoms with Gasteiger partial charge in [-0.1, -0.05) is 6.07 Å². The molecular formula is C14H14ClFINO. The van der Waals surface area contributed by atoms with Crippen LogP contribution in [0.4, 0.5) is 4.39 Å². The topological polar surface area (TPSA) is 35.2 Å². The normalized spacial score (nSPS) is 9.84. The van der Waals surface area contributed by atoms with Gasteiger partial charge in [0.1, 0.15) is 17.3 Å². The molecule has 0 atom stereocenters. The Hall–Kier alpha value is -0.850. The lowest BCUT2D eigenvalue weighted by molar-refractivity contribution is 0.480. The SMILES string of the molecule is Cl.NCCc1ccc(Oc2ccc(F)cc2)cc1I. The predicted octanol–water partition coefficient (Wildman–Crippen LogP) is 4.15. The molecule has 0 spiro atoms. The summed E-state index contributed by atoms with van der Waals surface area (Å²) in [6, 6.07) is 11.8. The molecule has 102 valence electrons. The molecule has 0 aliphatic heterocycles. The molecular weight excluding hydrogens is 380 g/mol. The number of halogens is 3.